The molecule has 6 nitrogen and oxygen atoms in total. The summed E-state index contributed by atoms with van der Waals surface area (Å²) in [5, 5.41) is 0. The molecule has 2 aromatic carbocycles. The van der Waals surface area contributed by atoms with Crippen LogP contribution in [0.1, 0.15) is 35.6 Å². The predicted octanol–water partition coefficient (Wildman–Crippen LogP) is 5.39. The number of nitrogens with zero attached hydrogens (tertiary/aromatic N) is 2. The molecule has 0 amide bonds. The topological polar surface area (TPSA) is 76.6 Å². The Balaban J connectivity index is 1.82. The molecule has 36 heavy (non-hydrogen) atoms. The number of pyridine rings is 1. The van der Waals surface area contributed by atoms with E-state index >= 15 is 0 Å². The van der Waals surface area contributed by atoms with Gasteiger partial charge in [-0.25, -0.2) is 8.42 Å². The SMILES string of the molecule is COC(=O)[C@H]1CCN(S(=O)(=O)c2ccccc2C(F)(F)F)[C@@H](c2cccc(-c3ccncc3C)c2)C1. The van der Waals surface area contributed by atoms with Gasteiger partial charge in [0.1, 0.15) is 0 Å². The average molecular weight is 519 g/mol. The Bertz CT molecular complexity index is 1380. The van der Waals surface area contributed by atoms with Crippen molar-refractivity contribution in [1.29, 1.82) is 0 Å². The molecule has 0 N–H and O–H groups in total. The van der Waals surface area contributed by atoms with Gasteiger partial charge in [-0.3, -0.25) is 9.78 Å². The summed E-state index contributed by atoms with van der Waals surface area (Å²) >= 11 is 0. The number of alkyl halides is 3. The number of aryl methyl sites for hydroxylation is 1. The van der Waals surface area contributed by atoms with Crippen molar-refractivity contribution >= 4 is 16.0 Å². The molecule has 1 saturated heterocycles. The first kappa shape index (κ1) is 25.8. The number of rotatable bonds is 5. The fourth-order valence-corrected chi connectivity index (χ4v) is 6.53. The number of ether oxygens (including phenoxy) is 1. The highest BCUT2D eigenvalue weighted by Gasteiger charge is 2.44. The standard InChI is InChI=1S/C26H25F3N2O4S/c1-17-16-30-12-10-21(17)18-6-5-7-19(14-18)23-15-20(25(32)35-2)11-13-31(23)36(33,34)24-9-4-3-8-22(24)26(27,28)29/h3-10,12,14,16,20,23H,11,13,15H2,1-2H3/t20-,23+/m0/s1. The van der Waals surface area contributed by atoms with Gasteiger partial charge in [0.15, 0.2) is 0 Å². The minimum atomic E-state index is -4.84. The van der Waals surface area contributed by atoms with Gasteiger partial charge < -0.3 is 4.74 Å². The van der Waals surface area contributed by atoms with E-state index in [1.54, 1.807) is 24.5 Å². The molecule has 0 spiro atoms. The third-order valence-electron chi connectivity index (χ3n) is 6.47. The molecule has 0 radical (unpaired) electrons. The summed E-state index contributed by atoms with van der Waals surface area (Å²) in [6.07, 6.45) is -1.27. The van der Waals surface area contributed by atoms with E-state index in [1.165, 1.54) is 13.2 Å². The third kappa shape index (κ3) is 5.01. The zero-order chi connectivity index (χ0) is 26.1. The van der Waals surface area contributed by atoms with Gasteiger partial charge in [0, 0.05) is 18.9 Å². The molecule has 4 rings (SSSR count). The summed E-state index contributed by atoms with van der Waals surface area (Å²) < 4.78 is 74.5. The summed E-state index contributed by atoms with van der Waals surface area (Å²) in [5.74, 6) is -1.07. The second-order valence-electron chi connectivity index (χ2n) is 8.69. The predicted molar refractivity (Wildman–Crippen MR) is 127 cm³/mol. The van der Waals surface area contributed by atoms with E-state index in [0.29, 0.717) is 5.56 Å². The number of sulfonamides is 1. The zero-order valence-corrected chi connectivity index (χ0v) is 20.5. The lowest BCUT2D eigenvalue weighted by Gasteiger charge is -2.38. The second-order valence-corrected chi connectivity index (χ2v) is 10.5. The van der Waals surface area contributed by atoms with Crippen LogP contribution < -0.4 is 0 Å². The van der Waals surface area contributed by atoms with Gasteiger partial charge in [-0.05, 0) is 66.3 Å². The second kappa shape index (κ2) is 10.0. The van der Waals surface area contributed by atoms with Gasteiger partial charge in [0.05, 0.1) is 29.5 Å². The van der Waals surface area contributed by atoms with Crippen molar-refractivity contribution in [1.82, 2.24) is 9.29 Å². The maximum Gasteiger partial charge on any atom is 0.417 e. The van der Waals surface area contributed by atoms with Crippen LogP contribution in [0.5, 0.6) is 0 Å². The lowest BCUT2D eigenvalue weighted by Crippen LogP contribution is -2.43. The molecule has 1 aliphatic heterocycles. The van der Waals surface area contributed by atoms with Crippen molar-refractivity contribution in [2.24, 2.45) is 5.92 Å². The molecular formula is C26H25F3N2O4S. The summed E-state index contributed by atoms with van der Waals surface area (Å²) in [7, 11) is -3.31. The molecule has 10 heteroatoms. The summed E-state index contributed by atoms with van der Waals surface area (Å²) in [6.45, 7) is 1.77. The lowest BCUT2D eigenvalue weighted by molar-refractivity contribution is -0.147. The van der Waals surface area contributed by atoms with Crippen LogP contribution in [-0.4, -0.2) is 37.3 Å². The molecule has 2 atom stereocenters. The molecule has 1 aromatic heterocycles. The third-order valence-corrected chi connectivity index (χ3v) is 8.44. The van der Waals surface area contributed by atoms with Crippen LogP contribution in [-0.2, 0) is 25.7 Å². The van der Waals surface area contributed by atoms with E-state index in [1.807, 2.05) is 25.1 Å². The minimum Gasteiger partial charge on any atom is -0.469 e. The molecule has 190 valence electrons. The van der Waals surface area contributed by atoms with Crippen molar-refractivity contribution < 1.29 is 31.1 Å². The number of aromatic nitrogens is 1. The first-order valence-electron chi connectivity index (χ1n) is 11.3. The molecule has 2 heterocycles. The first-order valence-corrected chi connectivity index (χ1v) is 12.7. The van der Waals surface area contributed by atoms with E-state index in [4.69, 9.17) is 4.74 Å². The van der Waals surface area contributed by atoms with E-state index in [9.17, 15) is 26.4 Å². The van der Waals surface area contributed by atoms with E-state index in [2.05, 4.69) is 4.98 Å². The Kier molecular flexibility index (Phi) is 7.19. The van der Waals surface area contributed by atoms with Gasteiger partial charge in [-0.2, -0.15) is 17.5 Å². The van der Waals surface area contributed by atoms with Gasteiger partial charge in [-0.1, -0.05) is 30.3 Å². The number of hydrogen-bond acceptors (Lipinski definition) is 5. The van der Waals surface area contributed by atoms with Crippen LogP contribution in [0.25, 0.3) is 11.1 Å². The normalized spacial score (nSPS) is 19.1. The smallest absolute Gasteiger partial charge is 0.417 e. The fraction of sp³-hybridized carbons (Fsp3) is 0.308. The molecule has 1 fully saturated rings. The molecule has 0 aliphatic carbocycles. The monoisotopic (exact) mass is 518 g/mol. The number of carbonyl (C=O) groups is 1. The molecule has 1 aliphatic rings. The number of halogens is 3. The van der Waals surface area contributed by atoms with Crippen molar-refractivity contribution in [3.05, 3.63) is 83.7 Å². The van der Waals surface area contributed by atoms with Crippen molar-refractivity contribution in [3.8, 4) is 11.1 Å². The number of benzene rings is 2. The van der Waals surface area contributed by atoms with Crippen LogP contribution in [0.2, 0.25) is 0 Å². The quantitative estimate of drug-likeness (QED) is 0.424. The summed E-state index contributed by atoms with van der Waals surface area (Å²) in [5.41, 5.74) is 1.96. The Morgan fingerprint density at radius 1 is 1.11 bits per heavy atom. The van der Waals surface area contributed by atoms with E-state index in [-0.39, 0.29) is 19.4 Å². The highest BCUT2D eigenvalue weighted by atomic mass is 32.2. The van der Waals surface area contributed by atoms with Gasteiger partial charge in [0.25, 0.3) is 0 Å². The number of methoxy groups -OCH3 is 1. The molecule has 0 unspecified atom stereocenters. The van der Waals surface area contributed by atoms with Crippen LogP contribution in [0.4, 0.5) is 13.2 Å². The lowest BCUT2D eigenvalue weighted by atomic mass is 9.87. The molecule has 3 aromatic rings. The average Bonchev–Trinajstić information content (AvgIpc) is 2.87. The molecule has 0 saturated carbocycles. The Labute approximate surface area is 207 Å². The van der Waals surface area contributed by atoms with Crippen LogP contribution in [0.15, 0.2) is 71.9 Å². The minimum absolute atomic E-state index is 0.0822. The fourth-order valence-electron chi connectivity index (χ4n) is 4.68. The Morgan fingerprint density at radius 3 is 2.56 bits per heavy atom. The van der Waals surface area contributed by atoms with Crippen molar-refractivity contribution in [2.75, 3.05) is 13.7 Å². The number of piperidine rings is 1. The first-order chi connectivity index (χ1) is 17.0. The number of hydrogen-bond donors (Lipinski definition) is 0. The van der Waals surface area contributed by atoms with Gasteiger partial charge >= 0.3 is 12.1 Å². The molecular weight excluding hydrogens is 493 g/mol. The number of carbonyl (C=O) groups excluding carboxylic acids is 1. The van der Waals surface area contributed by atoms with Crippen LogP contribution >= 0.6 is 0 Å². The summed E-state index contributed by atoms with van der Waals surface area (Å²) in [4.78, 5) is 15.6. The van der Waals surface area contributed by atoms with Crippen molar-refractivity contribution in [3.63, 3.8) is 0 Å². The van der Waals surface area contributed by atoms with Crippen LogP contribution in [0.3, 0.4) is 0 Å². The van der Waals surface area contributed by atoms with Crippen molar-refractivity contribution in [2.45, 2.75) is 36.9 Å². The van der Waals surface area contributed by atoms with Gasteiger partial charge in [-0.15, -0.1) is 0 Å². The Hall–Kier alpha value is -3.24. The largest absolute Gasteiger partial charge is 0.469 e. The van der Waals surface area contributed by atoms with E-state index < -0.39 is 44.6 Å². The molecule has 0 bridgehead atoms. The Morgan fingerprint density at radius 2 is 1.86 bits per heavy atom. The number of esters is 1. The zero-order valence-electron chi connectivity index (χ0n) is 19.7. The summed E-state index contributed by atoms with van der Waals surface area (Å²) in [6, 6.07) is 12.3. The maximum absolute atomic E-state index is 13.7. The highest BCUT2D eigenvalue weighted by Crippen LogP contribution is 2.42. The van der Waals surface area contributed by atoms with E-state index in [0.717, 1.165) is 39.2 Å². The maximum atomic E-state index is 13.7. The van der Waals surface area contributed by atoms with Crippen LogP contribution in [0, 0.1) is 12.8 Å². The highest BCUT2D eigenvalue weighted by molar-refractivity contribution is 7.89. The van der Waals surface area contributed by atoms with Gasteiger partial charge in [0.2, 0.25) is 10.0 Å².